The molecule has 7 atom stereocenters. The van der Waals surface area contributed by atoms with Crippen molar-refractivity contribution < 1.29 is 39.8 Å². The third-order valence-electron chi connectivity index (χ3n) is 16.6. The van der Waals surface area contributed by atoms with Gasteiger partial charge in [0.1, 0.15) is 24.4 Å². The normalized spacial score (nSPS) is 18.7. The first-order chi connectivity index (χ1) is 39.3. The predicted octanol–water partition coefficient (Wildman–Crippen LogP) is 18.8. The summed E-state index contributed by atoms with van der Waals surface area (Å²) in [5.74, 6) is -0.185. The van der Waals surface area contributed by atoms with Gasteiger partial charge in [0.05, 0.1) is 25.4 Å². The number of aliphatic hydroxyl groups is 5. The Balaban J connectivity index is 2.09. The van der Waals surface area contributed by atoms with Gasteiger partial charge in [-0.05, 0) is 70.6 Å². The number of rotatable bonds is 61. The Morgan fingerprint density at radius 2 is 0.713 bits per heavy atom. The summed E-state index contributed by atoms with van der Waals surface area (Å²) in [6.07, 6.45) is 75.2. The van der Waals surface area contributed by atoms with E-state index in [1.165, 1.54) is 276 Å². The van der Waals surface area contributed by atoms with Gasteiger partial charge < -0.3 is 40.3 Å². The molecule has 1 saturated heterocycles. The molecule has 80 heavy (non-hydrogen) atoms. The average molecular weight is 1130 g/mol. The Bertz CT molecular complexity index is 1400. The summed E-state index contributed by atoms with van der Waals surface area (Å²) in [7, 11) is 0. The molecule has 0 aromatic rings. The fraction of sp³-hybridized carbons (Fsp3) is 0.873. The van der Waals surface area contributed by atoms with Crippen LogP contribution in [0.5, 0.6) is 0 Å². The Morgan fingerprint density at radius 3 is 1.05 bits per heavy atom. The van der Waals surface area contributed by atoms with Gasteiger partial charge in [-0.15, -0.1) is 0 Å². The lowest BCUT2D eigenvalue weighted by Crippen LogP contribution is -2.60. The molecule has 470 valence electrons. The highest BCUT2D eigenvalue weighted by molar-refractivity contribution is 5.76. The maximum Gasteiger partial charge on any atom is 0.220 e. The number of amides is 1. The predicted molar refractivity (Wildman–Crippen MR) is 341 cm³/mol. The second-order valence-corrected chi connectivity index (χ2v) is 24.3. The van der Waals surface area contributed by atoms with Crippen molar-refractivity contribution in [3.8, 4) is 0 Å². The molecule has 1 aliphatic heterocycles. The number of hydrogen-bond acceptors (Lipinski definition) is 8. The fourth-order valence-corrected chi connectivity index (χ4v) is 11.1. The van der Waals surface area contributed by atoms with Gasteiger partial charge in [0.2, 0.25) is 5.91 Å². The van der Waals surface area contributed by atoms with Gasteiger partial charge in [0.15, 0.2) is 6.29 Å². The van der Waals surface area contributed by atoms with Crippen molar-refractivity contribution in [2.75, 3.05) is 13.2 Å². The van der Waals surface area contributed by atoms with Gasteiger partial charge in [0, 0.05) is 6.42 Å². The van der Waals surface area contributed by atoms with Crippen molar-refractivity contribution in [3.63, 3.8) is 0 Å². The van der Waals surface area contributed by atoms with Crippen LogP contribution in [0.2, 0.25) is 0 Å². The SMILES string of the molecule is CCCCCCCCCC/C=C\CCCCCCCCCCCCCCCCCCCCCCCCCCCC(=O)NC(COC1OC(CO)C(O)C(O)C1O)C(O)/C=C/CC/C=C/CC/C=C/CCCCCCCCCCCC. The van der Waals surface area contributed by atoms with Crippen LogP contribution in [-0.2, 0) is 14.3 Å². The first-order valence-electron chi connectivity index (χ1n) is 34.9. The molecule has 7 unspecified atom stereocenters. The van der Waals surface area contributed by atoms with Crippen LogP contribution in [0.15, 0.2) is 48.6 Å². The van der Waals surface area contributed by atoms with Gasteiger partial charge in [0.25, 0.3) is 0 Å². The van der Waals surface area contributed by atoms with Crippen LogP contribution >= 0.6 is 0 Å². The first kappa shape index (κ1) is 76.2. The number of unbranched alkanes of at least 4 members (excludes halogenated alkanes) is 45. The number of hydrogen-bond donors (Lipinski definition) is 6. The van der Waals surface area contributed by atoms with Gasteiger partial charge in [-0.3, -0.25) is 4.79 Å². The van der Waals surface area contributed by atoms with Crippen molar-refractivity contribution in [2.24, 2.45) is 0 Å². The van der Waals surface area contributed by atoms with E-state index in [9.17, 15) is 30.3 Å². The Hall–Kier alpha value is -1.85. The summed E-state index contributed by atoms with van der Waals surface area (Å²) < 4.78 is 11.3. The van der Waals surface area contributed by atoms with Gasteiger partial charge in [-0.2, -0.15) is 0 Å². The van der Waals surface area contributed by atoms with Crippen molar-refractivity contribution in [1.82, 2.24) is 5.32 Å². The Morgan fingerprint density at radius 1 is 0.412 bits per heavy atom. The molecule has 0 aliphatic carbocycles. The van der Waals surface area contributed by atoms with Crippen molar-refractivity contribution in [3.05, 3.63) is 48.6 Å². The lowest BCUT2D eigenvalue weighted by atomic mass is 9.99. The zero-order chi connectivity index (χ0) is 57.9. The fourth-order valence-electron chi connectivity index (χ4n) is 11.1. The van der Waals surface area contributed by atoms with E-state index in [1.807, 2.05) is 6.08 Å². The smallest absolute Gasteiger partial charge is 0.220 e. The van der Waals surface area contributed by atoms with E-state index in [0.29, 0.717) is 6.42 Å². The molecule has 0 bridgehead atoms. The number of aliphatic hydroxyl groups excluding tert-OH is 5. The molecule has 0 spiro atoms. The molecular weight excluding hydrogens is 995 g/mol. The molecule has 1 fully saturated rings. The second-order valence-electron chi connectivity index (χ2n) is 24.3. The van der Waals surface area contributed by atoms with E-state index in [-0.39, 0.29) is 12.5 Å². The molecule has 0 radical (unpaired) electrons. The maximum absolute atomic E-state index is 13.1. The van der Waals surface area contributed by atoms with Crippen LogP contribution < -0.4 is 5.32 Å². The molecular formula is C71H133NO8. The van der Waals surface area contributed by atoms with Gasteiger partial charge >= 0.3 is 0 Å². The van der Waals surface area contributed by atoms with E-state index >= 15 is 0 Å². The topological polar surface area (TPSA) is 149 Å². The lowest BCUT2D eigenvalue weighted by Gasteiger charge is -2.40. The summed E-state index contributed by atoms with van der Waals surface area (Å²) in [4.78, 5) is 13.1. The van der Waals surface area contributed by atoms with Crippen LogP contribution in [0.1, 0.15) is 341 Å². The van der Waals surface area contributed by atoms with Crippen LogP contribution in [0.4, 0.5) is 0 Å². The Labute approximate surface area is 494 Å². The molecule has 0 saturated carbocycles. The van der Waals surface area contributed by atoms with Crippen molar-refractivity contribution in [2.45, 2.75) is 384 Å². The largest absolute Gasteiger partial charge is 0.394 e. The van der Waals surface area contributed by atoms with Crippen LogP contribution in [-0.4, -0.2) is 87.5 Å². The average Bonchev–Trinajstić information content (AvgIpc) is 3.46. The molecule has 1 rings (SSSR count). The molecule has 9 heteroatoms. The molecule has 1 amide bonds. The third kappa shape index (κ3) is 48.5. The zero-order valence-corrected chi connectivity index (χ0v) is 52.6. The molecule has 0 aromatic carbocycles. The summed E-state index contributed by atoms with van der Waals surface area (Å²) in [6, 6.07) is -0.828. The zero-order valence-electron chi connectivity index (χ0n) is 52.6. The van der Waals surface area contributed by atoms with Crippen LogP contribution in [0, 0.1) is 0 Å². The standard InChI is InChI=1S/C71H133NO8/c1-3-5-7-9-11-13-15-17-19-21-23-25-26-27-28-29-30-31-32-33-34-35-36-37-38-39-40-41-43-45-47-49-51-53-55-57-59-61-67(75)72-64(63-79-71-70(78)69(77)68(76)66(62-73)80-71)65(74)60-58-56-54-52-50-48-46-44-42-24-22-20-18-16-14-12-10-8-6-4-2/h21,23,42,44,50,52,58,60,64-66,68-71,73-74,76-78H,3-20,22,24-41,43,45-49,51,53-57,59,61-63H2,1-2H3,(H,72,75)/b23-21-,44-42+,52-50+,60-58+. The monoisotopic (exact) mass is 1130 g/mol. The number of ether oxygens (including phenoxy) is 2. The summed E-state index contributed by atoms with van der Waals surface area (Å²) in [5.41, 5.74) is 0. The summed E-state index contributed by atoms with van der Waals surface area (Å²) >= 11 is 0. The highest BCUT2D eigenvalue weighted by Gasteiger charge is 2.44. The van der Waals surface area contributed by atoms with E-state index in [4.69, 9.17) is 9.47 Å². The molecule has 6 N–H and O–H groups in total. The number of carbonyl (C=O) groups excluding carboxylic acids is 1. The molecule has 9 nitrogen and oxygen atoms in total. The van der Waals surface area contributed by atoms with E-state index < -0.39 is 49.5 Å². The van der Waals surface area contributed by atoms with Crippen molar-refractivity contribution in [1.29, 1.82) is 0 Å². The summed E-state index contributed by atoms with van der Waals surface area (Å²) in [5, 5.41) is 54.6. The molecule has 1 aliphatic rings. The van der Waals surface area contributed by atoms with Crippen LogP contribution in [0.3, 0.4) is 0 Å². The second kappa shape index (κ2) is 60.3. The van der Waals surface area contributed by atoms with E-state index in [2.05, 4.69) is 55.6 Å². The highest BCUT2D eigenvalue weighted by Crippen LogP contribution is 2.23. The van der Waals surface area contributed by atoms with Gasteiger partial charge in [-0.1, -0.05) is 313 Å². The first-order valence-corrected chi connectivity index (χ1v) is 34.9. The molecule has 1 heterocycles. The number of carbonyl (C=O) groups is 1. The quantitative estimate of drug-likeness (QED) is 0.0261. The minimum atomic E-state index is -1.58. The third-order valence-corrected chi connectivity index (χ3v) is 16.6. The van der Waals surface area contributed by atoms with Gasteiger partial charge in [-0.25, -0.2) is 0 Å². The number of nitrogens with one attached hydrogen (secondary N) is 1. The number of allylic oxidation sites excluding steroid dienone is 7. The van der Waals surface area contributed by atoms with E-state index in [0.717, 1.165) is 44.9 Å². The lowest BCUT2D eigenvalue weighted by molar-refractivity contribution is -0.302. The minimum Gasteiger partial charge on any atom is -0.394 e. The van der Waals surface area contributed by atoms with Crippen molar-refractivity contribution >= 4 is 5.91 Å². The van der Waals surface area contributed by atoms with Crippen LogP contribution in [0.25, 0.3) is 0 Å². The maximum atomic E-state index is 13.1. The molecule has 0 aromatic heterocycles. The highest BCUT2D eigenvalue weighted by atomic mass is 16.7. The summed E-state index contributed by atoms with van der Waals surface area (Å²) in [6.45, 7) is 3.79. The van der Waals surface area contributed by atoms with E-state index in [1.54, 1.807) is 6.08 Å². The Kier molecular flexibility index (Phi) is 57.4. The minimum absolute atomic E-state index is 0.185.